The van der Waals surface area contributed by atoms with Crippen LogP contribution < -0.4 is 10.9 Å². The van der Waals surface area contributed by atoms with Gasteiger partial charge in [0, 0.05) is 22.9 Å². The number of hydrogen-bond acceptors (Lipinski definition) is 4. The Morgan fingerprint density at radius 1 is 0.731 bits per heavy atom. The number of hydrogen-bond donors (Lipinski definition) is 2. The molecule has 2 rings (SSSR count). The van der Waals surface area contributed by atoms with Gasteiger partial charge in [-0.15, -0.1) is 0 Å². The Kier molecular flexibility index (Phi) is 7.79. The Hall–Kier alpha value is -2.70. The van der Waals surface area contributed by atoms with Crippen molar-refractivity contribution in [2.45, 2.75) is 12.8 Å². The Balaban J connectivity index is 1.67. The summed E-state index contributed by atoms with van der Waals surface area (Å²) in [6.45, 7) is 0. The van der Waals surface area contributed by atoms with E-state index in [-0.39, 0.29) is 24.7 Å². The van der Waals surface area contributed by atoms with Gasteiger partial charge in [-0.25, -0.2) is 10.9 Å². The number of halogens is 2. The summed E-state index contributed by atoms with van der Waals surface area (Å²) >= 11 is 11.6. The van der Waals surface area contributed by atoms with Crippen molar-refractivity contribution < 1.29 is 9.59 Å². The number of nitrogens with zero attached hydrogens (tertiary/aromatic N) is 2. The second-order valence-corrected chi connectivity index (χ2v) is 6.06. The highest BCUT2D eigenvalue weighted by Crippen LogP contribution is 2.08. The first kappa shape index (κ1) is 19.6. The molecule has 134 valence electrons. The predicted octanol–water partition coefficient (Wildman–Crippen LogP) is 3.37. The first-order valence-corrected chi connectivity index (χ1v) is 8.43. The Labute approximate surface area is 160 Å². The van der Waals surface area contributed by atoms with Gasteiger partial charge in [-0.3, -0.25) is 9.59 Å². The number of carbonyl (C=O) groups is 2. The van der Waals surface area contributed by atoms with E-state index in [1.807, 2.05) is 0 Å². The summed E-state index contributed by atoms with van der Waals surface area (Å²) in [5.74, 6) is -0.737. The molecule has 0 saturated carbocycles. The fraction of sp³-hybridized carbons (Fsp3) is 0.111. The lowest BCUT2D eigenvalue weighted by Gasteiger charge is -2.00. The molecule has 0 radical (unpaired) electrons. The van der Waals surface area contributed by atoms with Crippen LogP contribution in [0.15, 0.2) is 58.7 Å². The molecule has 0 spiro atoms. The van der Waals surface area contributed by atoms with Crippen LogP contribution in [0.1, 0.15) is 24.0 Å². The second kappa shape index (κ2) is 10.3. The fourth-order valence-electron chi connectivity index (χ4n) is 1.79. The second-order valence-electron chi connectivity index (χ2n) is 5.19. The summed E-state index contributed by atoms with van der Waals surface area (Å²) in [5, 5.41) is 8.88. The highest BCUT2D eigenvalue weighted by molar-refractivity contribution is 6.30. The van der Waals surface area contributed by atoms with E-state index in [0.717, 1.165) is 11.1 Å². The number of rotatable bonds is 7. The average Bonchev–Trinajstić information content (AvgIpc) is 2.63. The van der Waals surface area contributed by atoms with Gasteiger partial charge < -0.3 is 0 Å². The molecule has 2 aromatic carbocycles. The normalized spacial score (nSPS) is 11.0. The van der Waals surface area contributed by atoms with Gasteiger partial charge in [-0.2, -0.15) is 10.2 Å². The number of carbonyl (C=O) groups excluding carboxylic acids is 2. The van der Waals surface area contributed by atoms with E-state index in [2.05, 4.69) is 21.1 Å². The zero-order valence-corrected chi connectivity index (χ0v) is 15.2. The molecule has 2 aromatic rings. The van der Waals surface area contributed by atoms with Crippen LogP contribution in [-0.4, -0.2) is 24.2 Å². The standard InChI is InChI=1S/C18H16Cl2N4O2/c19-15-5-1-13(2-6-15)11-21-23-17(25)9-10-18(26)24-22-12-14-3-7-16(20)8-4-14/h1-8,11-12H,9-10H2,(H,23,25)(H,24,26)/b21-11+,22-12+. The number of hydrazone groups is 2. The lowest BCUT2D eigenvalue weighted by Crippen LogP contribution is -2.22. The van der Waals surface area contributed by atoms with Crippen molar-refractivity contribution in [1.82, 2.24) is 10.9 Å². The van der Waals surface area contributed by atoms with E-state index < -0.39 is 0 Å². The SMILES string of the molecule is O=C(CCC(=O)N/N=C/c1ccc(Cl)cc1)N/N=C/c1ccc(Cl)cc1. The maximum Gasteiger partial charge on any atom is 0.240 e. The first-order chi connectivity index (χ1) is 12.5. The van der Waals surface area contributed by atoms with E-state index in [0.29, 0.717) is 10.0 Å². The van der Waals surface area contributed by atoms with Crippen LogP contribution in [0.25, 0.3) is 0 Å². The van der Waals surface area contributed by atoms with E-state index >= 15 is 0 Å². The van der Waals surface area contributed by atoms with Crippen molar-refractivity contribution in [3.63, 3.8) is 0 Å². The lowest BCUT2D eigenvalue weighted by molar-refractivity contribution is -0.126. The topological polar surface area (TPSA) is 82.9 Å². The molecule has 0 saturated heterocycles. The van der Waals surface area contributed by atoms with Crippen molar-refractivity contribution >= 4 is 47.4 Å². The summed E-state index contributed by atoms with van der Waals surface area (Å²) < 4.78 is 0. The summed E-state index contributed by atoms with van der Waals surface area (Å²) in [4.78, 5) is 23.3. The molecule has 0 aliphatic rings. The van der Waals surface area contributed by atoms with Crippen LogP contribution in [0.2, 0.25) is 10.0 Å². The molecule has 0 fully saturated rings. The van der Waals surface area contributed by atoms with Gasteiger partial charge in [0.15, 0.2) is 0 Å². The minimum atomic E-state index is -0.368. The molecule has 0 aromatic heterocycles. The summed E-state index contributed by atoms with van der Waals surface area (Å²) in [6, 6.07) is 14.0. The predicted molar refractivity (Wildman–Crippen MR) is 104 cm³/mol. The summed E-state index contributed by atoms with van der Waals surface area (Å²) in [7, 11) is 0. The molecule has 0 heterocycles. The zero-order chi connectivity index (χ0) is 18.8. The quantitative estimate of drug-likeness (QED) is 0.560. The van der Waals surface area contributed by atoms with E-state index in [1.165, 1.54) is 12.4 Å². The van der Waals surface area contributed by atoms with Crippen molar-refractivity contribution in [3.05, 3.63) is 69.7 Å². The highest BCUT2D eigenvalue weighted by atomic mass is 35.5. The van der Waals surface area contributed by atoms with E-state index in [1.54, 1.807) is 48.5 Å². The molecule has 26 heavy (non-hydrogen) atoms. The first-order valence-electron chi connectivity index (χ1n) is 7.68. The van der Waals surface area contributed by atoms with Gasteiger partial charge in [-0.05, 0) is 35.4 Å². The average molecular weight is 391 g/mol. The van der Waals surface area contributed by atoms with Gasteiger partial charge in [0.25, 0.3) is 0 Å². The summed E-state index contributed by atoms with van der Waals surface area (Å²) in [5.41, 5.74) is 6.30. The van der Waals surface area contributed by atoms with Gasteiger partial charge in [0.05, 0.1) is 12.4 Å². The largest absolute Gasteiger partial charge is 0.273 e. The third kappa shape index (κ3) is 7.46. The molecule has 8 heteroatoms. The molecule has 0 bridgehead atoms. The van der Waals surface area contributed by atoms with Crippen molar-refractivity contribution in [2.24, 2.45) is 10.2 Å². The Morgan fingerprint density at radius 2 is 1.08 bits per heavy atom. The Bertz CT molecular complexity index is 733. The van der Waals surface area contributed by atoms with Crippen molar-refractivity contribution in [2.75, 3.05) is 0 Å². The van der Waals surface area contributed by atoms with E-state index in [4.69, 9.17) is 23.2 Å². The maximum absolute atomic E-state index is 11.6. The number of benzene rings is 2. The van der Waals surface area contributed by atoms with Crippen LogP contribution in [-0.2, 0) is 9.59 Å². The molecular formula is C18H16Cl2N4O2. The minimum Gasteiger partial charge on any atom is -0.273 e. The van der Waals surface area contributed by atoms with Crippen LogP contribution in [0.4, 0.5) is 0 Å². The van der Waals surface area contributed by atoms with Gasteiger partial charge >= 0.3 is 0 Å². The molecule has 0 unspecified atom stereocenters. The van der Waals surface area contributed by atoms with Crippen molar-refractivity contribution in [1.29, 1.82) is 0 Å². The third-order valence-corrected chi connectivity index (χ3v) is 3.63. The van der Waals surface area contributed by atoms with Gasteiger partial charge in [0.2, 0.25) is 11.8 Å². The van der Waals surface area contributed by atoms with Gasteiger partial charge in [0.1, 0.15) is 0 Å². The molecule has 0 atom stereocenters. The third-order valence-electron chi connectivity index (χ3n) is 3.12. The number of amides is 2. The highest BCUT2D eigenvalue weighted by Gasteiger charge is 2.05. The van der Waals surface area contributed by atoms with Crippen LogP contribution >= 0.6 is 23.2 Å². The molecule has 0 aliphatic heterocycles. The molecule has 0 aliphatic carbocycles. The van der Waals surface area contributed by atoms with Gasteiger partial charge in [-0.1, -0.05) is 47.5 Å². The molecule has 2 amide bonds. The van der Waals surface area contributed by atoms with Crippen LogP contribution in [0.5, 0.6) is 0 Å². The monoisotopic (exact) mass is 390 g/mol. The van der Waals surface area contributed by atoms with E-state index in [9.17, 15) is 9.59 Å². The Morgan fingerprint density at radius 3 is 1.42 bits per heavy atom. The van der Waals surface area contributed by atoms with Crippen molar-refractivity contribution in [3.8, 4) is 0 Å². The molecule has 6 nitrogen and oxygen atoms in total. The lowest BCUT2D eigenvalue weighted by atomic mass is 10.2. The maximum atomic E-state index is 11.6. The summed E-state index contributed by atoms with van der Waals surface area (Å²) in [6.07, 6.45) is 2.98. The minimum absolute atomic E-state index is 0.000254. The molecule has 2 N–H and O–H groups in total. The molecular weight excluding hydrogens is 375 g/mol. The fourth-order valence-corrected chi connectivity index (χ4v) is 2.05. The zero-order valence-electron chi connectivity index (χ0n) is 13.7. The number of nitrogens with one attached hydrogen (secondary N) is 2. The van der Waals surface area contributed by atoms with Crippen LogP contribution in [0, 0.1) is 0 Å². The van der Waals surface area contributed by atoms with Crippen LogP contribution in [0.3, 0.4) is 0 Å². The smallest absolute Gasteiger partial charge is 0.240 e.